The average Bonchev–Trinajstić information content (AvgIpc) is 1.59. The third kappa shape index (κ3) is 0.611. The summed E-state index contributed by atoms with van der Waals surface area (Å²) in [5, 5.41) is 3.47. The van der Waals surface area contributed by atoms with Crippen LogP contribution in [-0.2, 0) is 4.74 Å². The molecule has 0 aromatic carbocycles. The molecule has 2 rings (SSSR count). The van der Waals surface area contributed by atoms with Gasteiger partial charge in [0.25, 0.3) is 0 Å². The fraction of sp³-hybridized carbons (Fsp3) is 1.00. The lowest BCUT2D eigenvalue weighted by Gasteiger charge is -2.51. The molecule has 50 valence electrons. The van der Waals surface area contributed by atoms with Crippen LogP contribution in [-0.4, -0.2) is 19.3 Å². The van der Waals surface area contributed by atoms with E-state index in [4.69, 9.17) is 10.3 Å². The fourth-order valence-electron chi connectivity index (χ4n) is 1.66. The maximum absolute atomic E-state index is 6.72. The maximum Gasteiger partial charge on any atom is 0.0719 e. The zero-order valence-electron chi connectivity index (χ0n) is 5.26. The van der Waals surface area contributed by atoms with Gasteiger partial charge in [0.1, 0.15) is 0 Å². The van der Waals surface area contributed by atoms with Crippen molar-refractivity contribution in [1.29, 1.82) is 5.53 Å². The first-order chi connectivity index (χ1) is 4.35. The average molecular weight is 126 g/mol. The molecular formula is C6H10N2O. The summed E-state index contributed by atoms with van der Waals surface area (Å²) in [6.07, 6.45) is 2.19. The predicted octanol–water partition coefficient (Wildman–Crippen LogP) is 1.20. The van der Waals surface area contributed by atoms with Crippen LogP contribution in [0, 0.1) is 10.9 Å². The molecule has 2 fully saturated rings. The molecule has 0 radical (unpaired) electrons. The van der Waals surface area contributed by atoms with Crippen LogP contribution in [0.1, 0.15) is 12.8 Å². The summed E-state index contributed by atoms with van der Waals surface area (Å²) in [5.74, 6) is 0. The number of nitrogens with zero attached hydrogens (tertiary/aromatic N) is 1. The summed E-state index contributed by atoms with van der Waals surface area (Å²) in [6.45, 7) is 1.83. The zero-order valence-corrected chi connectivity index (χ0v) is 5.26. The summed E-state index contributed by atoms with van der Waals surface area (Å²) in [5.41, 5.74) is 7.20. The van der Waals surface area contributed by atoms with Crippen molar-refractivity contribution in [2.75, 3.05) is 13.2 Å². The summed E-state index contributed by atoms with van der Waals surface area (Å²) >= 11 is 0. The van der Waals surface area contributed by atoms with Crippen molar-refractivity contribution in [3.63, 3.8) is 0 Å². The number of rotatable bonds is 1. The highest BCUT2D eigenvalue weighted by Crippen LogP contribution is 2.48. The summed E-state index contributed by atoms with van der Waals surface area (Å²) in [6, 6.07) is 0.328. The van der Waals surface area contributed by atoms with E-state index in [0.29, 0.717) is 11.5 Å². The molecule has 0 aromatic rings. The van der Waals surface area contributed by atoms with Gasteiger partial charge >= 0.3 is 0 Å². The molecule has 1 N–H and O–H groups in total. The SMILES string of the molecule is N=NC1CC2(COC2)C1. The highest BCUT2D eigenvalue weighted by atomic mass is 16.5. The van der Waals surface area contributed by atoms with Crippen LogP contribution >= 0.6 is 0 Å². The van der Waals surface area contributed by atoms with E-state index in [2.05, 4.69) is 5.11 Å². The molecule has 1 heterocycles. The summed E-state index contributed by atoms with van der Waals surface area (Å²) in [7, 11) is 0. The van der Waals surface area contributed by atoms with Gasteiger partial charge in [-0.2, -0.15) is 5.11 Å². The lowest BCUT2D eigenvalue weighted by atomic mass is 9.64. The summed E-state index contributed by atoms with van der Waals surface area (Å²) < 4.78 is 5.07. The molecule has 1 aliphatic heterocycles. The van der Waals surface area contributed by atoms with Gasteiger partial charge in [-0.25, -0.2) is 5.53 Å². The molecule has 3 nitrogen and oxygen atoms in total. The van der Waals surface area contributed by atoms with Gasteiger partial charge in [0.15, 0.2) is 0 Å². The van der Waals surface area contributed by atoms with E-state index in [1.165, 1.54) is 0 Å². The quantitative estimate of drug-likeness (QED) is 0.527. The first kappa shape index (κ1) is 5.35. The Morgan fingerprint density at radius 1 is 1.44 bits per heavy atom. The lowest BCUT2D eigenvalue weighted by molar-refractivity contribution is -0.163. The van der Waals surface area contributed by atoms with E-state index in [0.717, 1.165) is 26.1 Å². The summed E-state index contributed by atoms with van der Waals surface area (Å²) in [4.78, 5) is 0. The molecule has 0 atom stereocenters. The van der Waals surface area contributed by atoms with Gasteiger partial charge in [0.05, 0.1) is 19.3 Å². The fourth-order valence-corrected chi connectivity index (χ4v) is 1.66. The topological polar surface area (TPSA) is 45.4 Å². The minimum atomic E-state index is 0.328. The molecule has 1 saturated heterocycles. The second-order valence-electron chi connectivity index (χ2n) is 3.18. The third-order valence-corrected chi connectivity index (χ3v) is 2.34. The number of ether oxygens (including phenoxy) is 1. The molecule has 9 heavy (non-hydrogen) atoms. The van der Waals surface area contributed by atoms with Crippen molar-refractivity contribution < 1.29 is 4.74 Å². The molecule has 0 aromatic heterocycles. The Morgan fingerprint density at radius 2 is 2.11 bits per heavy atom. The molecular weight excluding hydrogens is 116 g/mol. The van der Waals surface area contributed by atoms with Crippen LogP contribution in [0.3, 0.4) is 0 Å². The van der Waals surface area contributed by atoms with E-state index >= 15 is 0 Å². The first-order valence-corrected chi connectivity index (χ1v) is 3.29. The molecule has 1 spiro atoms. The Labute approximate surface area is 53.9 Å². The van der Waals surface area contributed by atoms with Crippen molar-refractivity contribution in [2.45, 2.75) is 18.9 Å². The van der Waals surface area contributed by atoms with Crippen LogP contribution < -0.4 is 0 Å². The molecule has 3 heteroatoms. The highest BCUT2D eigenvalue weighted by Gasteiger charge is 2.49. The van der Waals surface area contributed by atoms with Crippen molar-refractivity contribution in [1.82, 2.24) is 0 Å². The lowest BCUT2D eigenvalue weighted by Crippen LogP contribution is -2.53. The minimum absolute atomic E-state index is 0.328. The Morgan fingerprint density at radius 3 is 2.44 bits per heavy atom. The number of nitrogens with one attached hydrogen (secondary N) is 1. The Balaban J connectivity index is 1.88. The molecule has 1 saturated carbocycles. The van der Waals surface area contributed by atoms with Crippen LogP contribution in [0.25, 0.3) is 0 Å². The van der Waals surface area contributed by atoms with Gasteiger partial charge in [-0.3, -0.25) is 0 Å². The molecule has 0 amide bonds. The monoisotopic (exact) mass is 126 g/mol. The molecule has 0 bridgehead atoms. The van der Waals surface area contributed by atoms with E-state index in [-0.39, 0.29) is 0 Å². The molecule has 0 unspecified atom stereocenters. The Kier molecular flexibility index (Phi) is 0.913. The normalized spacial score (nSPS) is 31.1. The van der Waals surface area contributed by atoms with E-state index in [9.17, 15) is 0 Å². The van der Waals surface area contributed by atoms with Gasteiger partial charge in [-0.05, 0) is 12.8 Å². The van der Waals surface area contributed by atoms with Crippen molar-refractivity contribution in [3.8, 4) is 0 Å². The van der Waals surface area contributed by atoms with E-state index in [1.807, 2.05) is 0 Å². The highest BCUT2D eigenvalue weighted by molar-refractivity contribution is 5.00. The van der Waals surface area contributed by atoms with Crippen LogP contribution in [0.15, 0.2) is 5.11 Å². The molecule has 2 aliphatic rings. The van der Waals surface area contributed by atoms with Gasteiger partial charge in [0.2, 0.25) is 0 Å². The number of hydrogen-bond acceptors (Lipinski definition) is 3. The smallest absolute Gasteiger partial charge is 0.0719 e. The standard InChI is InChI=1S/C6H10N2O/c7-8-5-1-6(2-5)3-9-4-6/h5,7H,1-4H2. The van der Waals surface area contributed by atoms with Crippen molar-refractivity contribution in [2.24, 2.45) is 10.5 Å². The van der Waals surface area contributed by atoms with Crippen molar-refractivity contribution in [3.05, 3.63) is 0 Å². The van der Waals surface area contributed by atoms with Crippen LogP contribution in [0.5, 0.6) is 0 Å². The van der Waals surface area contributed by atoms with Crippen LogP contribution in [0.2, 0.25) is 0 Å². The molecule has 1 aliphatic carbocycles. The van der Waals surface area contributed by atoms with E-state index < -0.39 is 0 Å². The first-order valence-electron chi connectivity index (χ1n) is 3.29. The third-order valence-electron chi connectivity index (χ3n) is 2.34. The second kappa shape index (κ2) is 1.53. The van der Waals surface area contributed by atoms with Crippen molar-refractivity contribution >= 4 is 0 Å². The minimum Gasteiger partial charge on any atom is -0.380 e. The predicted molar refractivity (Wildman–Crippen MR) is 31.4 cm³/mol. The second-order valence-corrected chi connectivity index (χ2v) is 3.18. The van der Waals surface area contributed by atoms with Gasteiger partial charge in [0, 0.05) is 5.41 Å². The zero-order chi connectivity index (χ0) is 6.32. The number of hydrogen-bond donors (Lipinski definition) is 1. The van der Waals surface area contributed by atoms with Crippen LogP contribution in [0.4, 0.5) is 0 Å². The largest absolute Gasteiger partial charge is 0.380 e. The Hall–Kier alpha value is -0.440. The van der Waals surface area contributed by atoms with E-state index in [1.54, 1.807) is 0 Å². The van der Waals surface area contributed by atoms with Gasteiger partial charge < -0.3 is 4.74 Å². The van der Waals surface area contributed by atoms with Gasteiger partial charge in [-0.1, -0.05) is 0 Å². The van der Waals surface area contributed by atoms with Gasteiger partial charge in [-0.15, -0.1) is 0 Å². The maximum atomic E-state index is 6.72. The Bertz CT molecular complexity index is 134.